The molecule has 0 aromatic heterocycles. The van der Waals surface area contributed by atoms with Gasteiger partial charge in [-0.05, 0) is 45.1 Å². The summed E-state index contributed by atoms with van der Waals surface area (Å²) in [6.07, 6.45) is 5.85. The molecule has 0 N–H and O–H groups in total. The summed E-state index contributed by atoms with van der Waals surface area (Å²) in [5.74, 6) is 0.991. The first kappa shape index (κ1) is 17.1. The maximum absolute atomic E-state index is 12.6. The Morgan fingerprint density at radius 2 is 2.05 bits per heavy atom. The van der Waals surface area contributed by atoms with Crippen molar-refractivity contribution in [3.63, 3.8) is 0 Å². The summed E-state index contributed by atoms with van der Waals surface area (Å²) in [5, 5.41) is 0.542. The molecule has 1 amide bonds. The molecule has 2 aliphatic rings. The Morgan fingerprint density at radius 1 is 1.41 bits per heavy atom. The third-order valence-electron chi connectivity index (χ3n) is 4.47. The zero-order valence-corrected chi connectivity index (χ0v) is 14.9. The smallest absolute Gasteiger partial charge is 0.249 e. The molecule has 22 heavy (non-hydrogen) atoms. The highest BCUT2D eigenvalue weighted by atomic mass is 35.5. The van der Waals surface area contributed by atoms with Crippen molar-refractivity contribution in [2.75, 3.05) is 7.05 Å². The fraction of sp³-hybridized carbons (Fsp3) is 0.647. The van der Waals surface area contributed by atoms with Crippen molar-refractivity contribution < 1.29 is 4.79 Å². The van der Waals surface area contributed by atoms with E-state index in [1.54, 1.807) is 4.90 Å². The minimum Gasteiger partial charge on any atom is -0.340 e. The van der Waals surface area contributed by atoms with E-state index in [-0.39, 0.29) is 11.9 Å². The molecule has 2 fully saturated rings. The first-order chi connectivity index (χ1) is 10.5. The third-order valence-corrected chi connectivity index (χ3v) is 4.88. The van der Waals surface area contributed by atoms with Crippen LogP contribution in [0.4, 0.5) is 0 Å². The molecule has 1 saturated carbocycles. The van der Waals surface area contributed by atoms with Gasteiger partial charge in [0.2, 0.25) is 5.91 Å². The number of amides is 1. The van der Waals surface area contributed by atoms with Crippen LogP contribution in [0.2, 0.25) is 0 Å². The SMILES string of the molecule is CC=C1C(=NC(Cl)=C(C)CC)N(C2CC2)C(CC)C(=O)N1C. The molecule has 0 aromatic carbocycles. The predicted molar refractivity (Wildman–Crippen MR) is 91.7 cm³/mol. The van der Waals surface area contributed by atoms with Crippen LogP contribution in [0.3, 0.4) is 0 Å². The van der Waals surface area contributed by atoms with Gasteiger partial charge in [0.1, 0.15) is 11.2 Å². The Balaban J connectivity index is 2.53. The molecular formula is C17H26ClN3O. The summed E-state index contributed by atoms with van der Waals surface area (Å²) in [4.78, 5) is 21.3. The van der Waals surface area contributed by atoms with Crippen molar-refractivity contribution in [1.82, 2.24) is 9.80 Å². The number of carbonyl (C=O) groups is 1. The molecule has 1 aliphatic heterocycles. The molecule has 0 radical (unpaired) electrons. The number of allylic oxidation sites excluding steroid dienone is 2. The van der Waals surface area contributed by atoms with Gasteiger partial charge < -0.3 is 9.80 Å². The van der Waals surface area contributed by atoms with E-state index in [9.17, 15) is 4.79 Å². The van der Waals surface area contributed by atoms with Crippen molar-refractivity contribution >= 4 is 23.3 Å². The number of carbonyl (C=O) groups excluding carboxylic acids is 1. The second-order valence-electron chi connectivity index (χ2n) is 5.99. The third kappa shape index (κ3) is 3.07. The Labute approximate surface area is 138 Å². The second kappa shape index (κ2) is 6.86. The lowest BCUT2D eigenvalue weighted by Crippen LogP contribution is -2.58. The van der Waals surface area contributed by atoms with Gasteiger partial charge in [0.15, 0.2) is 5.84 Å². The van der Waals surface area contributed by atoms with Crippen LogP contribution < -0.4 is 0 Å². The summed E-state index contributed by atoms with van der Waals surface area (Å²) < 4.78 is 0. The van der Waals surface area contributed by atoms with Crippen LogP contribution in [0.1, 0.15) is 53.4 Å². The van der Waals surface area contributed by atoms with Gasteiger partial charge in [-0.1, -0.05) is 31.5 Å². The summed E-state index contributed by atoms with van der Waals surface area (Å²) in [6.45, 7) is 8.06. The van der Waals surface area contributed by atoms with Gasteiger partial charge in [-0.15, -0.1) is 0 Å². The highest BCUT2D eigenvalue weighted by molar-refractivity contribution is 6.30. The van der Waals surface area contributed by atoms with Crippen molar-refractivity contribution in [3.05, 3.63) is 22.5 Å². The largest absolute Gasteiger partial charge is 0.340 e. The Bertz CT molecular complexity index is 546. The number of hydrogen-bond acceptors (Lipinski definition) is 2. The van der Waals surface area contributed by atoms with Crippen molar-refractivity contribution in [2.45, 2.75) is 65.5 Å². The number of rotatable bonds is 4. The van der Waals surface area contributed by atoms with Crippen molar-refractivity contribution in [3.8, 4) is 0 Å². The van der Waals surface area contributed by atoms with Gasteiger partial charge in [-0.2, -0.15) is 0 Å². The highest BCUT2D eigenvalue weighted by Gasteiger charge is 2.45. The predicted octanol–water partition coefficient (Wildman–Crippen LogP) is 3.88. The minimum atomic E-state index is -0.133. The van der Waals surface area contributed by atoms with Crippen LogP contribution in [-0.4, -0.2) is 40.7 Å². The molecule has 1 unspecified atom stereocenters. The molecule has 0 spiro atoms. The van der Waals surface area contributed by atoms with Gasteiger partial charge >= 0.3 is 0 Å². The van der Waals surface area contributed by atoms with Gasteiger partial charge in [0.05, 0.1) is 5.70 Å². The van der Waals surface area contributed by atoms with E-state index in [1.807, 2.05) is 27.0 Å². The number of aliphatic imine (C=N–C) groups is 1. The van der Waals surface area contributed by atoms with E-state index in [0.29, 0.717) is 11.2 Å². The Kier molecular flexibility index (Phi) is 5.32. The van der Waals surface area contributed by atoms with Crippen molar-refractivity contribution in [2.24, 2.45) is 4.99 Å². The van der Waals surface area contributed by atoms with E-state index in [2.05, 4.69) is 18.7 Å². The van der Waals surface area contributed by atoms with E-state index >= 15 is 0 Å². The number of hydrogen-bond donors (Lipinski definition) is 0. The van der Waals surface area contributed by atoms with Crippen LogP contribution in [-0.2, 0) is 4.79 Å². The average Bonchev–Trinajstić information content (AvgIpc) is 3.34. The normalized spacial score (nSPS) is 27.7. The van der Waals surface area contributed by atoms with Crippen molar-refractivity contribution in [1.29, 1.82) is 0 Å². The molecule has 4 nitrogen and oxygen atoms in total. The lowest BCUT2D eigenvalue weighted by molar-refractivity contribution is -0.133. The summed E-state index contributed by atoms with van der Waals surface area (Å²) in [6, 6.07) is 0.286. The molecule has 1 aliphatic carbocycles. The number of piperazine rings is 1. The molecule has 1 heterocycles. The van der Waals surface area contributed by atoms with E-state index in [0.717, 1.165) is 42.8 Å². The highest BCUT2D eigenvalue weighted by Crippen LogP contribution is 2.36. The summed E-state index contributed by atoms with van der Waals surface area (Å²) >= 11 is 6.39. The first-order valence-corrected chi connectivity index (χ1v) is 8.50. The molecule has 5 heteroatoms. The standard InChI is InChI=1S/C17H26ClN3O/c1-6-11(4)15(18)19-16-13(7-2)20(5)17(22)14(8-3)21(16)12-9-10-12/h7,12,14H,6,8-10H2,1-5H3. The molecule has 1 atom stereocenters. The topological polar surface area (TPSA) is 35.9 Å². The second-order valence-corrected chi connectivity index (χ2v) is 6.35. The van der Waals surface area contributed by atoms with E-state index < -0.39 is 0 Å². The summed E-state index contributed by atoms with van der Waals surface area (Å²) in [7, 11) is 1.82. The van der Waals surface area contributed by atoms with E-state index in [1.165, 1.54) is 0 Å². The lowest BCUT2D eigenvalue weighted by atomic mass is 10.1. The molecule has 1 saturated heterocycles. The molecule has 122 valence electrons. The zero-order chi connectivity index (χ0) is 16.4. The maximum Gasteiger partial charge on any atom is 0.249 e. The van der Waals surface area contributed by atoms with E-state index in [4.69, 9.17) is 16.6 Å². The van der Waals surface area contributed by atoms with Crippen LogP contribution in [0.5, 0.6) is 0 Å². The molecule has 2 rings (SSSR count). The Hall–Kier alpha value is -1.29. The van der Waals surface area contributed by atoms with Crippen LogP contribution in [0.25, 0.3) is 0 Å². The fourth-order valence-electron chi connectivity index (χ4n) is 2.81. The number of halogens is 1. The lowest BCUT2D eigenvalue weighted by Gasteiger charge is -2.42. The Morgan fingerprint density at radius 3 is 2.50 bits per heavy atom. The fourth-order valence-corrected chi connectivity index (χ4v) is 3.03. The van der Waals surface area contributed by atoms with Gasteiger partial charge in [-0.25, -0.2) is 4.99 Å². The average molecular weight is 324 g/mol. The number of amidine groups is 1. The minimum absolute atomic E-state index is 0.133. The quantitative estimate of drug-likeness (QED) is 0.736. The number of likely N-dealkylation sites (N-methyl/N-ethyl adjacent to an activating group) is 1. The molecule has 0 aromatic rings. The van der Waals surface area contributed by atoms with Gasteiger partial charge in [-0.3, -0.25) is 4.79 Å². The van der Waals surface area contributed by atoms with Gasteiger partial charge in [0.25, 0.3) is 0 Å². The molecular weight excluding hydrogens is 298 g/mol. The zero-order valence-electron chi connectivity index (χ0n) is 14.2. The van der Waals surface area contributed by atoms with Gasteiger partial charge in [0, 0.05) is 13.1 Å². The summed E-state index contributed by atoms with van der Waals surface area (Å²) in [5.41, 5.74) is 1.91. The monoisotopic (exact) mass is 323 g/mol. The number of nitrogens with zero attached hydrogens (tertiary/aromatic N) is 3. The van der Waals surface area contributed by atoms with Crippen LogP contribution in [0.15, 0.2) is 27.5 Å². The first-order valence-electron chi connectivity index (χ1n) is 8.12. The maximum atomic E-state index is 12.6. The molecule has 0 bridgehead atoms. The van der Waals surface area contributed by atoms with Crippen LogP contribution in [0, 0.1) is 0 Å². The van der Waals surface area contributed by atoms with Crippen LogP contribution >= 0.6 is 11.6 Å².